The largest absolute Gasteiger partial charge is 0.494 e. The zero-order valence-corrected chi connectivity index (χ0v) is 17.5. The topological polar surface area (TPSA) is 123 Å². The number of para-hydroxylation sites is 1. The highest BCUT2D eigenvalue weighted by Crippen LogP contribution is 2.35. The predicted molar refractivity (Wildman–Crippen MR) is 125 cm³/mol. The molecule has 0 saturated heterocycles. The number of anilines is 1. The molecule has 8 heteroatoms. The van der Waals surface area contributed by atoms with Crippen molar-refractivity contribution in [1.82, 2.24) is 4.98 Å². The average Bonchev–Trinajstić information content (AvgIpc) is 3.33. The average molecular weight is 435 g/mol. The van der Waals surface area contributed by atoms with Gasteiger partial charge in [-0.05, 0) is 48.9 Å². The molecule has 1 aromatic heterocycles. The van der Waals surface area contributed by atoms with Crippen LogP contribution < -0.4 is 5.32 Å². The van der Waals surface area contributed by atoms with Gasteiger partial charge in [0.25, 0.3) is 0 Å². The Hall–Kier alpha value is -4.90. The lowest BCUT2D eigenvalue weighted by Crippen LogP contribution is -2.17. The number of hydrogen-bond donors (Lipinski definition) is 3. The fraction of sp³-hybridized carbons (Fsp3) is 0.0400. The number of aromatic nitrogens is 1. The summed E-state index contributed by atoms with van der Waals surface area (Å²) in [5, 5.41) is 27.0. The standard InChI is InChI=1S/C25H17N5O3/c1-14-6-11-17-20(12-14)29-24(31)21(17)23-22(18-4-2-3-5-19(18)28-23)30-33-25(32)27-16-9-7-15(13-26)8-10-16/h2-12,29,31H,1H3,(H,27,32)/b30-22+. The van der Waals surface area contributed by atoms with Crippen LogP contribution in [0.1, 0.15) is 22.3 Å². The number of nitrogens with one attached hydrogen (secondary N) is 2. The second kappa shape index (κ2) is 7.98. The van der Waals surface area contributed by atoms with Crippen LogP contribution in [0.5, 0.6) is 5.88 Å². The van der Waals surface area contributed by atoms with Gasteiger partial charge in [0.15, 0.2) is 5.88 Å². The third-order valence-corrected chi connectivity index (χ3v) is 5.27. The maximum Gasteiger partial charge on any atom is 0.437 e. The molecule has 2 heterocycles. The normalized spacial score (nSPS) is 13.5. The van der Waals surface area contributed by atoms with E-state index in [1.807, 2.05) is 55.5 Å². The number of oxime groups is 1. The molecule has 4 aromatic rings. The van der Waals surface area contributed by atoms with E-state index < -0.39 is 6.09 Å². The number of nitriles is 1. The lowest BCUT2D eigenvalue weighted by Gasteiger charge is -2.06. The molecule has 0 spiro atoms. The summed E-state index contributed by atoms with van der Waals surface area (Å²) in [6.45, 7) is 1.97. The fourth-order valence-electron chi connectivity index (χ4n) is 3.73. The zero-order chi connectivity index (χ0) is 22.9. The van der Waals surface area contributed by atoms with Gasteiger partial charge in [0.05, 0.1) is 22.9 Å². The minimum Gasteiger partial charge on any atom is -0.494 e. The number of fused-ring (bicyclic) bond motifs is 2. The third-order valence-electron chi connectivity index (χ3n) is 5.27. The molecule has 1 aliphatic heterocycles. The number of rotatable bonds is 3. The summed E-state index contributed by atoms with van der Waals surface area (Å²) in [6, 6.07) is 21.5. The van der Waals surface area contributed by atoms with Crippen LogP contribution in [0.4, 0.5) is 16.2 Å². The molecule has 1 amide bonds. The molecule has 160 valence electrons. The maximum absolute atomic E-state index is 12.3. The van der Waals surface area contributed by atoms with E-state index in [0.717, 1.165) is 16.5 Å². The van der Waals surface area contributed by atoms with Gasteiger partial charge in [0.2, 0.25) is 0 Å². The van der Waals surface area contributed by atoms with Crippen LogP contribution in [0.3, 0.4) is 0 Å². The number of hydrogen-bond acceptors (Lipinski definition) is 6. The highest BCUT2D eigenvalue weighted by atomic mass is 16.7. The Bertz CT molecular complexity index is 1510. The van der Waals surface area contributed by atoms with E-state index in [1.165, 1.54) is 0 Å². The minimum atomic E-state index is -0.797. The number of aryl methyl sites for hydroxylation is 1. The molecule has 0 bridgehead atoms. The number of aliphatic imine (C=N–C) groups is 1. The Labute approximate surface area is 188 Å². The van der Waals surface area contributed by atoms with E-state index in [9.17, 15) is 9.90 Å². The smallest absolute Gasteiger partial charge is 0.437 e. The first-order valence-electron chi connectivity index (χ1n) is 10.1. The highest BCUT2D eigenvalue weighted by molar-refractivity contribution is 6.58. The lowest BCUT2D eigenvalue weighted by atomic mass is 10.0. The number of aromatic hydroxyl groups is 1. The molecule has 0 aliphatic carbocycles. The summed E-state index contributed by atoms with van der Waals surface area (Å²) in [4.78, 5) is 25.1. The Morgan fingerprint density at radius 3 is 2.73 bits per heavy atom. The van der Waals surface area contributed by atoms with E-state index in [0.29, 0.717) is 39.5 Å². The van der Waals surface area contributed by atoms with Crippen molar-refractivity contribution in [2.24, 2.45) is 10.1 Å². The summed E-state index contributed by atoms with van der Waals surface area (Å²) in [6.07, 6.45) is -0.797. The fourth-order valence-corrected chi connectivity index (χ4v) is 3.73. The molecule has 33 heavy (non-hydrogen) atoms. The molecular weight excluding hydrogens is 418 g/mol. The third kappa shape index (κ3) is 3.68. The van der Waals surface area contributed by atoms with Crippen LogP contribution in [0.2, 0.25) is 0 Å². The summed E-state index contributed by atoms with van der Waals surface area (Å²) < 4.78 is 0. The van der Waals surface area contributed by atoms with Gasteiger partial charge in [0, 0.05) is 22.2 Å². The number of amides is 1. The Kier molecular flexibility index (Phi) is 4.84. The predicted octanol–water partition coefficient (Wildman–Crippen LogP) is 5.14. The van der Waals surface area contributed by atoms with E-state index in [1.54, 1.807) is 24.3 Å². The van der Waals surface area contributed by atoms with Gasteiger partial charge in [-0.15, -0.1) is 0 Å². The monoisotopic (exact) mass is 435 g/mol. The van der Waals surface area contributed by atoms with Crippen LogP contribution in [0.15, 0.2) is 76.9 Å². The van der Waals surface area contributed by atoms with Crippen molar-refractivity contribution in [3.63, 3.8) is 0 Å². The van der Waals surface area contributed by atoms with Gasteiger partial charge < -0.3 is 10.1 Å². The second-order valence-electron chi connectivity index (χ2n) is 7.51. The van der Waals surface area contributed by atoms with Gasteiger partial charge in [-0.2, -0.15) is 5.26 Å². The zero-order valence-electron chi connectivity index (χ0n) is 17.5. The highest BCUT2D eigenvalue weighted by Gasteiger charge is 2.29. The van der Waals surface area contributed by atoms with Crippen molar-refractivity contribution >= 4 is 39.8 Å². The second-order valence-corrected chi connectivity index (χ2v) is 7.51. The summed E-state index contributed by atoms with van der Waals surface area (Å²) in [5.41, 5.74) is 5.30. The first kappa shape index (κ1) is 20.0. The molecule has 0 fully saturated rings. The lowest BCUT2D eigenvalue weighted by molar-refractivity contribution is 0.167. The summed E-state index contributed by atoms with van der Waals surface area (Å²) in [5.74, 6) is -0.0445. The van der Waals surface area contributed by atoms with E-state index >= 15 is 0 Å². The van der Waals surface area contributed by atoms with Gasteiger partial charge in [-0.3, -0.25) is 10.2 Å². The van der Waals surface area contributed by atoms with Crippen LogP contribution in [-0.4, -0.2) is 27.6 Å². The van der Waals surface area contributed by atoms with E-state index in [2.05, 4.69) is 20.4 Å². The summed E-state index contributed by atoms with van der Waals surface area (Å²) >= 11 is 0. The SMILES string of the molecule is Cc1ccc2c(C3=Nc4ccccc4/C3=N\OC(=O)Nc3ccc(C#N)cc3)c(O)[nH]c2c1. The number of carbonyl (C=O) groups excluding carboxylic acids is 1. The maximum atomic E-state index is 12.3. The first-order chi connectivity index (χ1) is 16.0. The number of aromatic amines is 1. The van der Waals surface area contributed by atoms with Crippen molar-refractivity contribution in [3.05, 3.63) is 89.0 Å². The van der Waals surface area contributed by atoms with Crippen molar-refractivity contribution < 1.29 is 14.7 Å². The van der Waals surface area contributed by atoms with Gasteiger partial charge >= 0.3 is 6.09 Å². The van der Waals surface area contributed by atoms with Crippen LogP contribution in [0, 0.1) is 18.3 Å². The Morgan fingerprint density at radius 2 is 1.94 bits per heavy atom. The Morgan fingerprint density at radius 1 is 1.15 bits per heavy atom. The molecule has 0 radical (unpaired) electrons. The first-order valence-corrected chi connectivity index (χ1v) is 10.1. The molecule has 5 rings (SSSR count). The number of carbonyl (C=O) groups is 1. The summed E-state index contributed by atoms with van der Waals surface area (Å²) in [7, 11) is 0. The van der Waals surface area contributed by atoms with E-state index in [4.69, 9.17) is 10.1 Å². The van der Waals surface area contributed by atoms with E-state index in [-0.39, 0.29) is 5.88 Å². The van der Waals surface area contributed by atoms with Crippen LogP contribution in [-0.2, 0) is 4.84 Å². The molecule has 0 saturated carbocycles. The van der Waals surface area contributed by atoms with Crippen molar-refractivity contribution in [1.29, 1.82) is 5.26 Å². The van der Waals surface area contributed by atoms with Gasteiger partial charge in [-0.1, -0.05) is 35.5 Å². The van der Waals surface area contributed by atoms with Crippen molar-refractivity contribution in [3.8, 4) is 11.9 Å². The van der Waals surface area contributed by atoms with Crippen LogP contribution in [0.25, 0.3) is 10.9 Å². The molecule has 3 N–H and O–H groups in total. The number of H-pyrrole nitrogens is 1. The van der Waals surface area contributed by atoms with Crippen molar-refractivity contribution in [2.75, 3.05) is 5.32 Å². The molecule has 0 atom stereocenters. The molecular formula is C25H17N5O3. The van der Waals surface area contributed by atoms with Crippen molar-refractivity contribution in [2.45, 2.75) is 6.92 Å². The molecule has 1 aliphatic rings. The Balaban J connectivity index is 1.49. The number of nitrogens with zero attached hydrogens (tertiary/aromatic N) is 3. The minimum absolute atomic E-state index is 0.0445. The van der Waals surface area contributed by atoms with Gasteiger partial charge in [0.1, 0.15) is 11.4 Å². The molecule has 0 unspecified atom stereocenters. The quantitative estimate of drug-likeness (QED) is 0.304. The molecule has 3 aromatic carbocycles. The van der Waals surface area contributed by atoms with Gasteiger partial charge in [-0.25, -0.2) is 9.79 Å². The van der Waals surface area contributed by atoms with Crippen LogP contribution >= 0.6 is 0 Å². The number of benzene rings is 3. The molecule has 8 nitrogen and oxygen atoms in total.